The van der Waals surface area contributed by atoms with Crippen LogP contribution in [0.2, 0.25) is 0 Å². The molecule has 2 atom stereocenters. The second-order valence-electron chi connectivity index (χ2n) is 7.85. The van der Waals surface area contributed by atoms with Crippen LogP contribution in [-0.2, 0) is 14.1 Å². The zero-order valence-corrected chi connectivity index (χ0v) is 17.7. The Morgan fingerprint density at radius 3 is 2.47 bits per heavy atom. The fourth-order valence-electron chi connectivity index (χ4n) is 4.08. The first kappa shape index (κ1) is 20.2. The van der Waals surface area contributed by atoms with E-state index in [0.29, 0.717) is 0 Å². The summed E-state index contributed by atoms with van der Waals surface area (Å²) in [5.41, 5.74) is 3.61. The van der Waals surface area contributed by atoms with E-state index in [1.54, 1.807) is 0 Å². The van der Waals surface area contributed by atoms with E-state index in [1.165, 1.54) is 16.3 Å². The van der Waals surface area contributed by atoms with Gasteiger partial charge in [0.2, 0.25) is 0 Å². The lowest BCUT2D eigenvalue weighted by molar-refractivity contribution is -0.136. The third-order valence-electron chi connectivity index (χ3n) is 5.76. The molecule has 0 radical (unpaired) electrons. The Morgan fingerprint density at radius 1 is 0.875 bits per heavy atom. The Kier molecular flexibility index (Phi) is 5.57. The van der Waals surface area contributed by atoms with Crippen molar-refractivity contribution in [1.82, 2.24) is 0 Å². The Balaban J connectivity index is 1.40. The molecule has 0 saturated carbocycles. The number of benzene rings is 4. The molecule has 0 aromatic heterocycles. The van der Waals surface area contributed by atoms with Gasteiger partial charge < -0.3 is 9.31 Å². The summed E-state index contributed by atoms with van der Waals surface area (Å²) in [6.07, 6.45) is 1.12. The van der Waals surface area contributed by atoms with E-state index in [9.17, 15) is 4.79 Å². The van der Waals surface area contributed by atoms with Gasteiger partial charge in [-0.05, 0) is 34.4 Å². The van der Waals surface area contributed by atoms with E-state index in [-0.39, 0.29) is 12.0 Å². The first-order valence-corrected chi connectivity index (χ1v) is 10.7. The molecule has 4 aromatic carbocycles. The van der Waals surface area contributed by atoms with Gasteiger partial charge >= 0.3 is 13.1 Å². The van der Waals surface area contributed by atoms with Gasteiger partial charge in [0.15, 0.2) is 6.10 Å². The molecule has 1 aliphatic rings. The molecule has 4 aromatic rings. The Hall–Kier alpha value is -3.70. The standard InChI is InChI=1S/C27H22BNO3/c1-19(23-16-9-14-20-10-5-7-15-24(20)23)29-18-22-13-6-8-17-25(22)28-31-26(27(30)32-28)21-11-3-2-4-12-21/h2-19,26H,1H3/t19-,26+/m1/s1. The van der Waals surface area contributed by atoms with E-state index in [0.717, 1.165) is 16.6 Å². The molecule has 1 aliphatic heterocycles. The predicted octanol–water partition coefficient (Wildman–Crippen LogP) is 5.03. The highest BCUT2D eigenvalue weighted by Crippen LogP contribution is 2.27. The summed E-state index contributed by atoms with van der Waals surface area (Å²) < 4.78 is 11.6. The number of hydrogen-bond donors (Lipinski definition) is 0. The van der Waals surface area contributed by atoms with Crippen LogP contribution in [0.5, 0.6) is 0 Å². The highest BCUT2D eigenvalue weighted by Gasteiger charge is 2.42. The minimum absolute atomic E-state index is 0.0294. The molecule has 1 saturated heterocycles. The number of hydrogen-bond acceptors (Lipinski definition) is 4. The number of carbonyl (C=O) groups excluding carboxylic acids is 1. The summed E-state index contributed by atoms with van der Waals surface area (Å²) >= 11 is 0. The fourth-order valence-corrected chi connectivity index (χ4v) is 4.08. The second kappa shape index (κ2) is 8.81. The van der Waals surface area contributed by atoms with Crippen LogP contribution in [-0.4, -0.2) is 19.3 Å². The third kappa shape index (κ3) is 3.95. The van der Waals surface area contributed by atoms with Crippen LogP contribution in [0, 0.1) is 0 Å². The van der Waals surface area contributed by atoms with Crippen LogP contribution in [0.25, 0.3) is 10.8 Å². The molecule has 0 aliphatic carbocycles. The van der Waals surface area contributed by atoms with Crippen LogP contribution in [0.4, 0.5) is 0 Å². The Bertz CT molecular complexity index is 1280. The average molecular weight is 419 g/mol. The summed E-state index contributed by atoms with van der Waals surface area (Å²) in [4.78, 5) is 17.3. The quantitative estimate of drug-likeness (QED) is 0.337. The van der Waals surface area contributed by atoms with Gasteiger partial charge in [-0.1, -0.05) is 97.1 Å². The minimum atomic E-state index is -0.761. The monoisotopic (exact) mass is 419 g/mol. The van der Waals surface area contributed by atoms with Crippen molar-refractivity contribution in [2.45, 2.75) is 19.1 Å². The summed E-state index contributed by atoms with van der Waals surface area (Å²) in [6.45, 7) is 2.08. The first-order valence-electron chi connectivity index (χ1n) is 10.7. The lowest BCUT2D eigenvalue weighted by Gasteiger charge is -2.12. The van der Waals surface area contributed by atoms with Crippen molar-refractivity contribution in [2.75, 3.05) is 0 Å². The van der Waals surface area contributed by atoms with Crippen molar-refractivity contribution < 1.29 is 14.1 Å². The number of aliphatic imine (C=N–C) groups is 1. The zero-order chi connectivity index (χ0) is 21.9. The smallest absolute Gasteiger partial charge is 0.504 e. The summed E-state index contributed by atoms with van der Waals surface area (Å²) in [5, 5.41) is 2.40. The van der Waals surface area contributed by atoms with Crippen molar-refractivity contribution in [2.24, 2.45) is 4.99 Å². The number of nitrogens with zero attached hydrogens (tertiary/aromatic N) is 1. The highest BCUT2D eigenvalue weighted by atomic mass is 16.7. The molecule has 1 fully saturated rings. The number of carbonyl (C=O) groups is 1. The molecule has 0 unspecified atom stereocenters. The van der Waals surface area contributed by atoms with Crippen molar-refractivity contribution in [1.29, 1.82) is 0 Å². The van der Waals surface area contributed by atoms with Gasteiger partial charge in [0, 0.05) is 11.7 Å². The van der Waals surface area contributed by atoms with Crippen molar-refractivity contribution in [3.05, 3.63) is 114 Å². The topological polar surface area (TPSA) is 47.9 Å². The normalized spacial score (nSPS) is 17.1. The number of rotatable bonds is 5. The van der Waals surface area contributed by atoms with Crippen molar-refractivity contribution in [3.63, 3.8) is 0 Å². The van der Waals surface area contributed by atoms with Crippen molar-refractivity contribution in [3.8, 4) is 0 Å². The van der Waals surface area contributed by atoms with Gasteiger partial charge in [-0.25, -0.2) is 0 Å². The lowest BCUT2D eigenvalue weighted by Crippen LogP contribution is -2.35. The Morgan fingerprint density at radius 2 is 1.59 bits per heavy atom. The minimum Gasteiger partial charge on any atom is -0.504 e. The van der Waals surface area contributed by atoms with E-state index < -0.39 is 13.2 Å². The molecule has 4 nitrogen and oxygen atoms in total. The largest absolute Gasteiger partial charge is 0.566 e. The molecular formula is C27H22BNO3. The zero-order valence-electron chi connectivity index (χ0n) is 17.7. The average Bonchev–Trinajstić information content (AvgIpc) is 3.24. The maximum absolute atomic E-state index is 12.5. The molecule has 5 heteroatoms. The molecule has 0 bridgehead atoms. The van der Waals surface area contributed by atoms with Crippen LogP contribution in [0.15, 0.2) is 102 Å². The summed E-state index contributed by atoms with van der Waals surface area (Å²) in [6, 6.07) is 31.7. The molecule has 0 amide bonds. The molecular weight excluding hydrogens is 397 g/mol. The van der Waals surface area contributed by atoms with Crippen LogP contribution in [0.1, 0.15) is 35.8 Å². The second-order valence-corrected chi connectivity index (χ2v) is 7.85. The van der Waals surface area contributed by atoms with Gasteiger partial charge in [0.25, 0.3) is 0 Å². The van der Waals surface area contributed by atoms with Crippen LogP contribution >= 0.6 is 0 Å². The van der Waals surface area contributed by atoms with Gasteiger partial charge in [-0.15, -0.1) is 0 Å². The van der Waals surface area contributed by atoms with Gasteiger partial charge in [0.1, 0.15) is 0 Å². The number of fused-ring (bicyclic) bond motifs is 1. The lowest BCUT2D eigenvalue weighted by atomic mass is 9.76. The van der Waals surface area contributed by atoms with E-state index in [2.05, 4.69) is 37.3 Å². The Labute approximate surface area is 187 Å². The molecule has 32 heavy (non-hydrogen) atoms. The molecule has 0 N–H and O–H groups in total. The van der Waals surface area contributed by atoms with Gasteiger partial charge in [0.05, 0.1) is 6.04 Å². The predicted molar refractivity (Wildman–Crippen MR) is 128 cm³/mol. The highest BCUT2D eigenvalue weighted by molar-refractivity contribution is 6.65. The van der Waals surface area contributed by atoms with Gasteiger partial charge in [-0.3, -0.25) is 9.79 Å². The fraction of sp³-hybridized carbons (Fsp3) is 0.111. The maximum Gasteiger partial charge on any atom is 0.566 e. The van der Waals surface area contributed by atoms with E-state index in [4.69, 9.17) is 14.3 Å². The molecule has 0 spiro atoms. The SMILES string of the molecule is C[C@@H](N=Cc1ccccc1B1OC(=O)[C@H](c2ccccc2)O1)c1cccc2ccccc12. The van der Waals surface area contributed by atoms with Gasteiger partial charge in [-0.2, -0.15) is 0 Å². The first-order chi connectivity index (χ1) is 15.7. The van der Waals surface area contributed by atoms with E-state index in [1.807, 2.05) is 72.9 Å². The van der Waals surface area contributed by atoms with Crippen molar-refractivity contribution >= 4 is 35.5 Å². The molecule has 156 valence electrons. The molecule has 1 heterocycles. The van der Waals surface area contributed by atoms with Crippen LogP contribution in [0.3, 0.4) is 0 Å². The third-order valence-corrected chi connectivity index (χ3v) is 5.76. The van der Waals surface area contributed by atoms with E-state index >= 15 is 0 Å². The summed E-state index contributed by atoms with van der Waals surface area (Å²) in [7, 11) is -0.761. The maximum atomic E-state index is 12.5. The van der Waals surface area contributed by atoms with Crippen LogP contribution < -0.4 is 5.46 Å². The molecule has 5 rings (SSSR count). The summed E-state index contributed by atoms with van der Waals surface area (Å²) in [5.74, 6) is -0.378.